The maximum atomic E-state index is 11.1. The van der Waals surface area contributed by atoms with Gasteiger partial charge in [-0.15, -0.1) is 0 Å². The average Bonchev–Trinajstić information content (AvgIpc) is 2.23. The van der Waals surface area contributed by atoms with Gasteiger partial charge in [-0.25, -0.2) is 9.78 Å². The summed E-state index contributed by atoms with van der Waals surface area (Å²) >= 11 is 5.81. The van der Waals surface area contributed by atoms with Crippen LogP contribution in [0.2, 0.25) is 5.15 Å². The van der Waals surface area contributed by atoms with Crippen LogP contribution in [0.25, 0.3) is 0 Å². The molecule has 0 spiro atoms. The van der Waals surface area contributed by atoms with Crippen LogP contribution in [0.15, 0.2) is 12.1 Å². The van der Waals surface area contributed by atoms with Gasteiger partial charge in [0.05, 0.1) is 0 Å². The molecule has 0 bridgehead atoms. The Morgan fingerprint density at radius 1 is 1.59 bits per heavy atom. The highest BCUT2D eigenvalue weighted by Gasteiger charge is 2.36. The minimum atomic E-state index is -0.984. The summed E-state index contributed by atoms with van der Waals surface area (Å²) < 4.78 is 0. The Morgan fingerprint density at radius 2 is 2.29 bits per heavy atom. The Labute approximate surface area is 105 Å². The molecular weight excluding hydrogens is 240 g/mol. The summed E-state index contributed by atoms with van der Waals surface area (Å²) in [6.45, 7) is 2.09. The number of rotatable bonds is 4. The second-order valence-electron chi connectivity index (χ2n) is 4.45. The number of carbonyl (C=O) groups is 1. The van der Waals surface area contributed by atoms with E-state index >= 15 is 0 Å². The first kappa shape index (κ1) is 12.2. The molecule has 1 aromatic rings. The summed E-state index contributed by atoms with van der Waals surface area (Å²) in [5.74, 6) is -0.603. The van der Waals surface area contributed by atoms with Gasteiger partial charge in [0.2, 0.25) is 0 Å². The lowest BCUT2D eigenvalue weighted by Gasteiger charge is -2.42. The SMILES string of the molecule is CCC1(Nc2nc(Cl)ccc2C(=O)O)CCC1. The van der Waals surface area contributed by atoms with E-state index in [4.69, 9.17) is 16.7 Å². The van der Waals surface area contributed by atoms with Crippen LogP contribution in [-0.4, -0.2) is 21.6 Å². The molecule has 1 aliphatic rings. The van der Waals surface area contributed by atoms with E-state index < -0.39 is 5.97 Å². The molecule has 2 N–H and O–H groups in total. The third-order valence-electron chi connectivity index (χ3n) is 3.46. The van der Waals surface area contributed by atoms with Gasteiger partial charge in [-0.1, -0.05) is 18.5 Å². The lowest BCUT2D eigenvalue weighted by atomic mass is 9.75. The number of aromatic carboxylic acids is 1. The Morgan fingerprint density at radius 3 is 2.76 bits per heavy atom. The Balaban J connectivity index is 2.30. The zero-order valence-corrected chi connectivity index (χ0v) is 10.4. The van der Waals surface area contributed by atoms with Gasteiger partial charge >= 0.3 is 5.97 Å². The molecule has 0 amide bonds. The average molecular weight is 255 g/mol. The highest BCUT2D eigenvalue weighted by molar-refractivity contribution is 6.29. The van der Waals surface area contributed by atoms with E-state index in [-0.39, 0.29) is 11.1 Å². The Hall–Kier alpha value is -1.29. The molecule has 17 heavy (non-hydrogen) atoms. The minimum Gasteiger partial charge on any atom is -0.478 e. The van der Waals surface area contributed by atoms with E-state index in [2.05, 4.69) is 17.2 Å². The number of carboxylic acids is 1. The van der Waals surface area contributed by atoms with Crippen molar-refractivity contribution in [3.63, 3.8) is 0 Å². The molecule has 4 nitrogen and oxygen atoms in total. The summed E-state index contributed by atoms with van der Waals surface area (Å²) in [7, 11) is 0. The van der Waals surface area contributed by atoms with Gasteiger partial charge in [0, 0.05) is 5.54 Å². The molecule has 0 atom stereocenters. The maximum absolute atomic E-state index is 11.1. The van der Waals surface area contributed by atoms with E-state index in [1.165, 1.54) is 18.6 Å². The monoisotopic (exact) mass is 254 g/mol. The highest BCUT2D eigenvalue weighted by atomic mass is 35.5. The van der Waals surface area contributed by atoms with Gasteiger partial charge < -0.3 is 10.4 Å². The van der Waals surface area contributed by atoms with E-state index in [9.17, 15) is 4.79 Å². The molecular formula is C12H15ClN2O2. The van der Waals surface area contributed by atoms with Crippen LogP contribution in [0.4, 0.5) is 5.82 Å². The van der Waals surface area contributed by atoms with Crippen LogP contribution in [0, 0.1) is 0 Å². The van der Waals surface area contributed by atoms with Crippen molar-refractivity contribution in [1.29, 1.82) is 0 Å². The number of hydrogen-bond acceptors (Lipinski definition) is 3. The van der Waals surface area contributed by atoms with Gasteiger partial charge in [-0.2, -0.15) is 0 Å². The lowest BCUT2D eigenvalue weighted by Crippen LogP contribution is -2.44. The summed E-state index contributed by atoms with van der Waals surface area (Å²) in [6, 6.07) is 2.98. The molecule has 1 aromatic heterocycles. The number of hydrogen-bond donors (Lipinski definition) is 2. The molecule has 1 saturated carbocycles. The van der Waals surface area contributed by atoms with Crippen LogP contribution in [0.5, 0.6) is 0 Å². The summed E-state index contributed by atoms with van der Waals surface area (Å²) in [6.07, 6.45) is 4.23. The second-order valence-corrected chi connectivity index (χ2v) is 4.83. The van der Waals surface area contributed by atoms with Crippen molar-refractivity contribution in [2.75, 3.05) is 5.32 Å². The fourth-order valence-corrected chi connectivity index (χ4v) is 2.27. The third kappa shape index (κ3) is 2.36. The standard InChI is InChI=1S/C12H15ClN2O2/c1-2-12(6-3-7-12)15-10-8(11(16)17)4-5-9(13)14-10/h4-5H,2-3,6-7H2,1H3,(H,14,15)(H,16,17). The molecule has 1 aliphatic carbocycles. The molecule has 0 saturated heterocycles. The van der Waals surface area contributed by atoms with Crippen molar-refractivity contribution in [1.82, 2.24) is 4.98 Å². The quantitative estimate of drug-likeness (QED) is 0.810. The summed E-state index contributed by atoms with van der Waals surface area (Å²) in [4.78, 5) is 15.2. The second kappa shape index (κ2) is 4.53. The predicted octanol–water partition coefficient (Wildman–Crippen LogP) is 3.18. The van der Waals surface area contributed by atoms with Gasteiger partial charge in [-0.05, 0) is 37.8 Å². The van der Waals surface area contributed by atoms with Crippen LogP contribution in [0.3, 0.4) is 0 Å². The van der Waals surface area contributed by atoms with Crippen molar-refractivity contribution >= 4 is 23.4 Å². The molecule has 1 heterocycles. The normalized spacial score (nSPS) is 17.3. The molecule has 0 unspecified atom stereocenters. The first-order valence-corrected chi connectivity index (χ1v) is 6.12. The number of carboxylic acid groups (broad SMARTS) is 1. The first-order chi connectivity index (χ1) is 8.06. The lowest BCUT2D eigenvalue weighted by molar-refractivity contribution is 0.0697. The third-order valence-corrected chi connectivity index (χ3v) is 3.67. The molecule has 1 fully saturated rings. The van der Waals surface area contributed by atoms with Crippen LogP contribution in [0.1, 0.15) is 43.0 Å². The first-order valence-electron chi connectivity index (χ1n) is 5.74. The molecule has 2 rings (SSSR count). The zero-order valence-electron chi connectivity index (χ0n) is 9.66. The summed E-state index contributed by atoms with van der Waals surface area (Å²) in [5.41, 5.74) is 0.177. The number of anilines is 1. The Bertz CT molecular complexity index is 439. The predicted molar refractivity (Wildman–Crippen MR) is 66.7 cm³/mol. The number of halogens is 1. The smallest absolute Gasteiger partial charge is 0.339 e. The number of nitrogens with one attached hydrogen (secondary N) is 1. The van der Waals surface area contributed by atoms with E-state index in [1.807, 2.05) is 0 Å². The Kier molecular flexibility index (Phi) is 3.24. The molecule has 0 radical (unpaired) electrons. The van der Waals surface area contributed by atoms with Gasteiger partial charge in [0.15, 0.2) is 0 Å². The van der Waals surface area contributed by atoms with Crippen LogP contribution < -0.4 is 5.32 Å². The highest BCUT2D eigenvalue weighted by Crippen LogP contribution is 2.38. The topological polar surface area (TPSA) is 62.2 Å². The zero-order chi connectivity index (χ0) is 12.5. The van der Waals surface area contributed by atoms with E-state index in [1.54, 1.807) is 0 Å². The maximum Gasteiger partial charge on any atom is 0.339 e. The van der Waals surface area contributed by atoms with Crippen molar-refractivity contribution in [3.05, 3.63) is 22.8 Å². The molecule has 92 valence electrons. The van der Waals surface area contributed by atoms with E-state index in [0.717, 1.165) is 19.3 Å². The fraction of sp³-hybridized carbons (Fsp3) is 0.500. The largest absolute Gasteiger partial charge is 0.478 e. The fourth-order valence-electron chi connectivity index (χ4n) is 2.12. The molecule has 0 aromatic carbocycles. The minimum absolute atomic E-state index is 0.00187. The van der Waals surface area contributed by atoms with Crippen molar-refractivity contribution < 1.29 is 9.90 Å². The van der Waals surface area contributed by atoms with Crippen LogP contribution in [-0.2, 0) is 0 Å². The molecule has 0 aliphatic heterocycles. The van der Waals surface area contributed by atoms with Crippen LogP contribution >= 0.6 is 11.6 Å². The number of pyridine rings is 1. The number of aromatic nitrogens is 1. The van der Waals surface area contributed by atoms with Gasteiger partial charge in [-0.3, -0.25) is 0 Å². The van der Waals surface area contributed by atoms with Crippen molar-refractivity contribution in [2.45, 2.75) is 38.1 Å². The number of nitrogens with zero attached hydrogens (tertiary/aromatic N) is 1. The van der Waals surface area contributed by atoms with Gasteiger partial charge in [0.1, 0.15) is 16.5 Å². The van der Waals surface area contributed by atoms with Gasteiger partial charge in [0.25, 0.3) is 0 Å². The summed E-state index contributed by atoms with van der Waals surface area (Å²) in [5, 5.41) is 12.7. The van der Waals surface area contributed by atoms with Crippen molar-refractivity contribution in [2.24, 2.45) is 0 Å². The van der Waals surface area contributed by atoms with E-state index in [0.29, 0.717) is 11.0 Å². The molecule has 5 heteroatoms. The van der Waals surface area contributed by atoms with Crippen molar-refractivity contribution in [3.8, 4) is 0 Å².